The monoisotopic (exact) mass is 833 g/mol. The highest BCUT2D eigenvalue weighted by Gasteiger charge is 2.46. The van der Waals surface area contributed by atoms with E-state index < -0.39 is 5.41 Å². The number of rotatable bonds is 7. The zero-order valence-corrected chi connectivity index (χ0v) is 35.6. The van der Waals surface area contributed by atoms with Crippen LogP contribution in [-0.2, 0) is 5.41 Å². The molecule has 12 aromatic rings. The van der Waals surface area contributed by atoms with Crippen molar-refractivity contribution in [1.82, 2.24) is 0 Å². The second-order valence-corrected chi connectivity index (χ2v) is 17.9. The van der Waals surface area contributed by atoms with Crippen LogP contribution in [-0.4, -0.2) is 0 Å². The minimum atomic E-state index is -0.461. The van der Waals surface area contributed by atoms with Gasteiger partial charge >= 0.3 is 0 Å². The molecule has 0 saturated carbocycles. The number of fused-ring (bicyclic) bond motifs is 9. The smallest absolute Gasteiger partial charge is 0.135 e. The van der Waals surface area contributed by atoms with Gasteiger partial charge in [0.2, 0.25) is 0 Å². The first-order valence-electron chi connectivity index (χ1n) is 21.9. The van der Waals surface area contributed by atoms with E-state index in [4.69, 9.17) is 4.42 Å². The molecule has 0 fully saturated rings. The molecule has 64 heavy (non-hydrogen) atoms. The van der Waals surface area contributed by atoms with E-state index in [0.717, 1.165) is 50.1 Å². The van der Waals surface area contributed by atoms with Gasteiger partial charge in [-0.15, -0.1) is 11.3 Å². The summed E-state index contributed by atoms with van der Waals surface area (Å²) in [5, 5.41) is 4.89. The summed E-state index contributed by atoms with van der Waals surface area (Å²) < 4.78 is 8.81. The van der Waals surface area contributed by atoms with Crippen LogP contribution in [0.5, 0.6) is 0 Å². The minimum absolute atomic E-state index is 0.461. The van der Waals surface area contributed by atoms with Gasteiger partial charge in [-0.3, -0.25) is 0 Å². The molecule has 2 heterocycles. The van der Waals surface area contributed by atoms with Gasteiger partial charge < -0.3 is 9.32 Å². The summed E-state index contributed by atoms with van der Waals surface area (Å²) in [4.78, 5) is 2.41. The van der Waals surface area contributed by atoms with E-state index >= 15 is 0 Å². The maximum atomic E-state index is 6.17. The average Bonchev–Trinajstić information content (AvgIpc) is 4.03. The minimum Gasteiger partial charge on any atom is -0.456 e. The van der Waals surface area contributed by atoms with Gasteiger partial charge in [0.05, 0.1) is 5.41 Å². The van der Waals surface area contributed by atoms with E-state index in [9.17, 15) is 0 Å². The summed E-state index contributed by atoms with van der Waals surface area (Å²) >= 11 is 1.86. The van der Waals surface area contributed by atoms with Crippen LogP contribution in [0.2, 0.25) is 0 Å². The van der Waals surface area contributed by atoms with E-state index in [1.54, 1.807) is 0 Å². The fourth-order valence-electron chi connectivity index (χ4n) is 10.4. The lowest BCUT2D eigenvalue weighted by Gasteiger charge is -2.34. The molecule has 13 rings (SSSR count). The number of thiophene rings is 1. The number of furan rings is 1. The molecule has 0 saturated heterocycles. The molecule has 10 aromatic carbocycles. The molecule has 300 valence electrons. The Morgan fingerprint density at radius 3 is 1.56 bits per heavy atom. The second-order valence-electron chi connectivity index (χ2n) is 16.8. The van der Waals surface area contributed by atoms with Crippen molar-refractivity contribution < 1.29 is 4.42 Å². The molecule has 2 aromatic heterocycles. The third-order valence-corrected chi connectivity index (χ3v) is 14.5. The molecular weight excluding hydrogens is 795 g/mol. The SMILES string of the molecule is c1ccc(C2(c3ccccc3)c3ccccc3-c3cc(N(c4ccc(-c5ccc6oc7ccccc7c6c5)cc4)c4ccc(-c5ccc6sc7ccccc7c6c5)cc4)ccc32)cc1. The largest absolute Gasteiger partial charge is 0.456 e. The zero-order valence-electron chi connectivity index (χ0n) is 34.8. The Labute approximate surface area is 375 Å². The molecule has 1 aliphatic carbocycles. The van der Waals surface area contributed by atoms with E-state index in [0.29, 0.717) is 0 Å². The first-order chi connectivity index (χ1) is 31.7. The van der Waals surface area contributed by atoms with Crippen LogP contribution in [0.15, 0.2) is 241 Å². The number of nitrogens with zero attached hydrogens (tertiary/aromatic N) is 1. The molecule has 0 spiro atoms. The standard InChI is InChI=1S/C61H39NOS/c1-3-13-44(14-4-1)61(45-15-5-2-6-16-45)55-20-10-7-17-49(55)52-39-48(33-34-56(52)61)62(46-29-23-40(24-30-46)42-27-35-58-53(37-42)50-18-8-11-21-57(50)63-58)47-31-25-41(26-32-47)43-28-36-60-54(38-43)51-19-9-12-22-59(51)64-60/h1-39H. The first kappa shape index (κ1) is 36.7. The maximum absolute atomic E-state index is 6.17. The lowest BCUT2D eigenvalue weighted by atomic mass is 9.68. The van der Waals surface area contributed by atoms with E-state index in [1.165, 1.54) is 64.7 Å². The van der Waals surface area contributed by atoms with Crippen molar-refractivity contribution in [1.29, 1.82) is 0 Å². The fraction of sp³-hybridized carbons (Fsp3) is 0.0164. The van der Waals surface area contributed by atoms with Crippen molar-refractivity contribution in [3.63, 3.8) is 0 Å². The summed E-state index contributed by atoms with van der Waals surface area (Å²) in [5.74, 6) is 0. The lowest BCUT2D eigenvalue weighted by molar-refractivity contribution is 0.669. The molecule has 2 nitrogen and oxygen atoms in total. The quantitative estimate of drug-likeness (QED) is 0.159. The lowest BCUT2D eigenvalue weighted by Crippen LogP contribution is -2.28. The highest BCUT2D eigenvalue weighted by Crippen LogP contribution is 2.57. The molecule has 0 atom stereocenters. The third-order valence-electron chi connectivity index (χ3n) is 13.4. The Hall–Kier alpha value is -7.98. The Kier molecular flexibility index (Phi) is 8.34. The van der Waals surface area contributed by atoms with Gasteiger partial charge in [-0.25, -0.2) is 0 Å². The van der Waals surface area contributed by atoms with Crippen molar-refractivity contribution in [3.05, 3.63) is 259 Å². The van der Waals surface area contributed by atoms with Gasteiger partial charge in [0.15, 0.2) is 0 Å². The topological polar surface area (TPSA) is 16.4 Å². The second kappa shape index (κ2) is 14.6. The van der Waals surface area contributed by atoms with Gasteiger partial charge in [0, 0.05) is 48.0 Å². The number of hydrogen-bond donors (Lipinski definition) is 0. The van der Waals surface area contributed by atoms with Gasteiger partial charge in [-0.05, 0) is 128 Å². The summed E-state index contributed by atoms with van der Waals surface area (Å²) in [5.41, 5.74) is 17.0. The highest BCUT2D eigenvalue weighted by molar-refractivity contribution is 7.25. The summed E-state index contributed by atoms with van der Waals surface area (Å²) in [6, 6.07) is 86.6. The molecule has 0 unspecified atom stereocenters. The number of para-hydroxylation sites is 1. The normalized spacial score (nSPS) is 12.8. The van der Waals surface area contributed by atoms with Gasteiger partial charge in [0.1, 0.15) is 11.2 Å². The number of benzene rings is 10. The molecule has 3 heteroatoms. The summed E-state index contributed by atoms with van der Waals surface area (Å²) in [6.45, 7) is 0. The van der Waals surface area contributed by atoms with Crippen molar-refractivity contribution in [2.75, 3.05) is 4.90 Å². The van der Waals surface area contributed by atoms with Crippen molar-refractivity contribution in [3.8, 4) is 33.4 Å². The van der Waals surface area contributed by atoms with Crippen LogP contribution >= 0.6 is 11.3 Å². The van der Waals surface area contributed by atoms with Crippen LogP contribution in [0.3, 0.4) is 0 Å². The Bertz CT molecular complexity index is 3520. The predicted octanol–water partition coefficient (Wildman–Crippen LogP) is 17.1. The molecule has 0 bridgehead atoms. The summed E-state index contributed by atoms with van der Waals surface area (Å²) in [6.07, 6.45) is 0. The Balaban J connectivity index is 0.958. The number of hydrogen-bond acceptors (Lipinski definition) is 3. The van der Waals surface area contributed by atoms with Crippen LogP contribution in [0.1, 0.15) is 22.3 Å². The van der Waals surface area contributed by atoms with Crippen molar-refractivity contribution in [2.24, 2.45) is 0 Å². The Morgan fingerprint density at radius 2 is 0.844 bits per heavy atom. The molecular formula is C61H39NOS. The summed E-state index contributed by atoms with van der Waals surface area (Å²) in [7, 11) is 0. The molecule has 0 aliphatic heterocycles. The maximum Gasteiger partial charge on any atom is 0.135 e. The predicted molar refractivity (Wildman–Crippen MR) is 269 cm³/mol. The van der Waals surface area contributed by atoms with Crippen LogP contribution in [0, 0.1) is 0 Å². The third kappa shape index (κ3) is 5.64. The zero-order chi connectivity index (χ0) is 42.2. The highest BCUT2D eigenvalue weighted by atomic mass is 32.1. The average molecular weight is 834 g/mol. The van der Waals surface area contributed by atoms with E-state index in [-0.39, 0.29) is 0 Å². The first-order valence-corrected chi connectivity index (χ1v) is 22.7. The number of anilines is 3. The van der Waals surface area contributed by atoms with Crippen LogP contribution in [0.4, 0.5) is 17.1 Å². The van der Waals surface area contributed by atoms with Gasteiger partial charge in [0.25, 0.3) is 0 Å². The van der Waals surface area contributed by atoms with Gasteiger partial charge in [-0.1, -0.05) is 164 Å². The van der Waals surface area contributed by atoms with Crippen LogP contribution in [0.25, 0.3) is 75.5 Å². The molecule has 0 N–H and O–H groups in total. The molecule has 0 radical (unpaired) electrons. The Morgan fingerprint density at radius 1 is 0.328 bits per heavy atom. The van der Waals surface area contributed by atoms with Crippen molar-refractivity contribution in [2.45, 2.75) is 5.41 Å². The van der Waals surface area contributed by atoms with Crippen LogP contribution < -0.4 is 4.90 Å². The van der Waals surface area contributed by atoms with E-state index in [2.05, 4.69) is 229 Å². The van der Waals surface area contributed by atoms with Gasteiger partial charge in [-0.2, -0.15) is 0 Å². The van der Waals surface area contributed by atoms with E-state index in [1.807, 2.05) is 23.5 Å². The molecule has 1 aliphatic rings. The fourth-order valence-corrected chi connectivity index (χ4v) is 11.5. The molecule has 0 amide bonds. The van der Waals surface area contributed by atoms with Crippen molar-refractivity contribution >= 4 is 70.5 Å².